The summed E-state index contributed by atoms with van der Waals surface area (Å²) in [5.74, 6) is -0.610. The first-order chi connectivity index (χ1) is 13.9. The number of rotatable bonds is 5. The lowest BCUT2D eigenvalue weighted by Crippen LogP contribution is -2.36. The quantitative estimate of drug-likeness (QED) is 0.388. The smallest absolute Gasteiger partial charge is 0.352 e. The number of halogens is 4. The summed E-state index contributed by atoms with van der Waals surface area (Å²) < 4.78 is 54.1. The minimum absolute atomic E-state index is 0.0703. The topological polar surface area (TPSA) is 67.1 Å². The zero-order chi connectivity index (χ0) is 20.9. The largest absolute Gasteiger partial charge is 0.416 e. The molecule has 0 aliphatic carbocycles. The van der Waals surface area contributed by atoms with Crippen molar-refractivity contribution in [2.24, 2.45) is 4.99 Å². The first-order valence-electron chi connectivity index (χ1n) is 8.61. The second kappa shape index (κ2) is 8.72. The van der Waals surface area contributed by atoms with Crippen molar-refractivity contribution >= 4 is 5.96 Å². The summed E-state index contributed by atoms with van der Waals surface area (Å²) in [4.78, 5) is 7.89. The van der Waals surface area contributed by atoms with Gasteiger partial charge in [0.25, 0.3) is 0 Å². The molecule has 0 radical (unpaired) electrons. The number of guanidine groups is 1. The fraction of sp³-hybridized carbons (Fsp3) is 0.211. The zero-order valence-corrected chi connectivity index (χ0v) is 15.4. The van der Waals surface area contributed by atoms with Crippen molar-refractivity contribution in [1.29, 1.82) is 0 Å². The number of alkyl halides is 3. The van der Waals surface area contributed by atoms with Crippen molar-refractivity contribution in [2.75, 3.05) is 7.05 Å². The lowest BCUT2D eigenvalue weighted by atomic mass is 10.1. The normalized spacial score (nSPS) is 12.1. The van der Waals surface area contributed by atoms with Gasteiger partial charge < -0.3 is 10.6 Å². The van der Waals surface area contributed by atoms with E-state index in [1.807, 2.05) is 24.3 Å². The molecule has 152 valence electrons. The van der Waals surface area contributed by atoms with Crippen molar-refractivity contribution in [2.45, 2.75) is 19.3 Å². The van der Waals surface area contributed by atoms with Crippen LogP contribution in [0.3, 0.4) is 0 Å². The molecule has 0 saturated heterocycles. The van der Waals surface area contributed by atoms with Crippen molar-refractivity contribution < 1.29 is 17.6 Å². The Balaban J connectivity index is 1.59. The molecule has 0 atom stereocenters. The molecule has 3 rings (SSSR count). The molecular weight excluding hydrogens is 388 g/mol. The van der Waals surface area contributed by atoms with Gasteiger partial charge in [-0.15, -0.1) is 0 Å². The van der Waals surface area contributed by atoms with Crippen LogP contribution in [0.25, 0.3) is 5.69 Å². The van der Waals surface area contributed by atoms with Crippen LogP contribution in [0.4, 0.5) is 17.6 Å². The molecule has 6 nitrogen and oxygen atoms in total. The average Bonchev–Trinajstić information content (AvgIpc) is 3.23. The van der Waals surface area contributed by atoms with Gasteiger partial charge in [-0.2, -0.15) is 18.3 Å². The van der Waals surface area contributed by atoms with Gasteiger partial charge in [-0.1, -0.05) is 18.2 Å². The SMILES string of the molecule is CN=C(NCc1ccc(-n2cncn2)cc1)NCc1ccc(F)cc1C(F)(F)F. The zero-order valence-electron chi connectivity index (χ0n) is 15.4. The van der Waals surface area contributed by atoms with E-state index in [1.165, 1.54) is 13.4 Å². The van der Waals surface area contributed by atoms with Gasteiger partial charge in [-0.3, -0.25) is 4.99 Å². The molecule has 2 aromatic carbocycles. The average molecular weight is 406 g/mol. The van der Waals surface area contributed by atoms with Crippen molar-refractivity contribution in [3.05, 3.63) is 77.6 Å². The highest BCUT2D eigenvalue weighted by Gasteiger charge is 2.33. The molecule has 2 N–H and O–H groups in total. The van der Waals surface area contributed by atoms with Crippen LogP contribution >= 0.6 is 0 Å². The maximum atomic E-state index is 13.2. The number of nitrogens with zero attached hydrogens (tertiary/aromatic N) is 4. The predicted molar refractivity (Wildman–Crippen MR) is 99.8 cm³/mol. The van der Waals surface area contributed by atoms with Crippen molar-refractivity contribution in [3.8, 4) is 5.69 Å². The first kappa shape index (κ1) is 20.3. The lowest BCUT2D eigenvalue weighted by Gasteiger charge is -2.16. The highest BCUT2D eigenvalue weighted by Crippen LogP contribution is 2.32. The molecule has 0 aliphatic heterocycles. The summed E-state index contributed by atoms with van der Waals surface area (Å²) in [6.45, 7) is 0.257. The fourth-order valence-electron chi connectivity index (χ4n) is 2.66. The van der Waals surface area contributed by atoms with Crippen LogP contribution in [0.2, 0.25) is 0 Å². The third-order valence-electron chi connectivity index (χ3n) is 4.13. The molecule has 10 heteroatoms. The van der Waals surface area contributed by atoms with E-state index >= 15 is 0 Å². The number of nitrogens with one attached hydrogen (secondary N) is 2. The molecule has 1 heterocycles. The Morgan fingerprint density at radius 3 is 2.41 bits per heavy atom. The van der Waals surface area contributed by atoms with Gasteiger partial charge in [0, 0.05) is 20.1 Å². The molecule has 29 heavy (non-hydrogen) atoms. The van der Waals surface area contributed by atoms with Gasteiger partial charge in [-0.25, -0.2) is 14.1 Å². The van der Waals surface area contributed by atoms with E-state index in [0.717, 1.165) is 23.4 Å². The lowest BCUT2D eigenvalue weighted by molar-refractivity contribution is -0.138. The molecule has 0 bridgehead atoms. The minimum Gasteiger partial charge on any atom is -0.352 e. The van der Waals surface area contributed by atoms with E-state index in [9.17, 15) is 17.6 Å². The number of aliphatic imine (C=N–C) groups is 1. The van der Waals surface area contributed by atoms with Gasteiger partial charge in [0.1, 0.15) is 18.5 Å². The summed E-state index contributed by atoms with van der Waals surface area (Å²) >= 11 is 0. The van der Waals surface area contributed by atoms with E-state index < -0.39 is 17.6 Å². The Bertz CT molecular complexity index is 965. The highest BCUT2D eigenvalue weighted by molar-refractivity contribution is 5.79. The predicted octanol–water partition coefficient (Wildman–Crippen LogP) is 3.29. The second-order valence-corrected chi connectivity index (χ2v) is 6.09. The molecule has 0 unspecified atom stereocenters. The summed E-state index contributed by atoms with van der Waals surface area (Å²) in [6, 6.07) is 10.1. The molecular formula is C19H18F4N6. The Hall–Kier alpha value is -3.43. The first-order valence-corrected chi connectivity index (χ1v) is 8.61. The van der Waals surface area contributed by atoms with Crippen LogP contribution in [0.5, 0.6) is 0 Å². The van der Waals surface area contributed by atoms with Gasteiger partial charge >= 0.3 is 6.18 Å². The Morgan fingerprint density at radius 1 is 1.07 bits per heavy atom. The molecule has 0 spiro atoms. The van der Waals surface area contributed by atoms with Crippen LogP contribution in [0.1, 0.15) is 16.7 Å². The summed E-state index contributed by atoms with van der Waals surface area (Å²) in [5, 5.41) is 9.89. The maximum Gasteiger partial charge on any atom is 0.416 e. The van der Waals surface area contributed by atoms with Crippen LogP contribution in [-0.2, 0) is 19.3 Å². The third kappa shape index (κ3) is 5.31. The monoisotopic (exact) mass is 406 g/mol. The molecule has 1 aromatic heterocycles. The van der Waals surface area contributed by atoms with Gasteiger partial charge in [0.15, 0.2) is 5.96 Å². The van der Waals surface area contributed by atoms with Gasteiger partial charge in [0.2, 0.25) is 0 Å². The number of benzene rings is 2. The van der Waals surface area contributed by atoms with Crippen LogP contribution in [0, 0.1) is 5.82 Å². The Kier molecular flexibility index (Phi) is 6.10. The van der Waals surface area contributed by atoms with E-state index in [4.69, 9.17) is 0 Å². The number of hydrogen-bond donors (Lipinski definition) is 2. The standard InChI is InChI=1S/C19H18F4N6/c1-24-18(27-10-14-4-5-15(20)8-17(14)19(21,22)23)26-9-13-2-6-16(7-3-13)29-12-25-11-28-29/h2-8,11-12H,9-10H2,1H3,(H2,24,26,27). The van der Waals surface area contributed by atoms with Crippen LogP contribution in [0.15, 0.2) is 60.1 Å². The van der Waals surface area contributed by atoms with Crippen molar-refractivity contribution in [3.63, 3.8) is 0 Å². The summed E-state index contributed by atoms with van der Waals surface area (Å²) in [6.07, 6.45) is -1.61. The summed E-state index contributed by atoms with van der Waals surface area (Å²) in [7, 11) is 1.51. The molecule has 0 amide bonds. The highest BCUT2D eigenvalue weighted by atomic mass is 19.4. The molecule has 0 fully saturated rings. The fourth-order valence-corrected chi connectivity index (χ4v) is 2.66. The molecule has 0 aliphatic rings. The minimum atomic E-state index is -4.64. The Morgan fingerprint density at radius 2 is 1.79 bits per heavy atom. The van der Waals surface area contributed by atoms with E-state index in [1.54, 1.807) is 11.0 Å². The number of aromatic nitrogens is 3. The van der Waals surface area contributed by atoms with Crippen molar-refractivity contribution in [1.82, 2.24) is 25.4 Å². The van der Waals surface area contributed by atoms with Crippen LogP contribution in [-0.4, -0.2) is 27.8 Å². The van der Waals surface area contributed by atoms with Gasteiger partial charge in [-0.05, 0) is 35.4 Å². The Labute approximate surface area is 164 Å². The van der Waals surface area contributed by atoms with E-state index in [2.05, 4.69) is 25.7 Å². The molecule has 3 aromatic rings. The third-order valence-corrected chi connectivity index (χ3v) is 4.13. The van der Waals surface area contributed by atoms with Gasteiger partial charge in [0.05, 0.1) is 11.3 Å². The van der Waals surface area contributed by atoms with Crippen LogP contribution < -0.4 is 10.6 Å². The molecule has 0 saturated carbocycles. The summed E-state index contributed by atoms with van der Waals surface area (Å²) in [5.41, 5.74) is 0.711. The number of hydrogen-bond acceptors (Lipinski definition) is 3. The van der Waals surface area contributed by atoms with E-state index in [0.29, 0.717) is 18.6 Å². The second-order valence-electron chi connectivity index (χ2n) is 6.09. The maximum absolute atomic E-state index is 13.2. The van der Waals surface area contributed by atoms with E-state index in [-0.39, 0.29) is 12.1 Å².